The van der Waals surface area contributed by atoms with Crippen LogP contribution in [0.5, 0.6) is 5.75 Å². The van der Waals surface area contributed by atoms with Gasteiger partial charge in [0.1, 0.15) is 5.75 Å². The highest BCUT2D eigenvalue weighted by molar-refractivity contribution is 6.32. The second-order valence-electron chi connectivity index (χ2n) is 3.93. The lowest BCUT2D eigenvalue weighted by Gasteiger charge is -2.13. The maximum Gasteiger partial charge on any atom is 0.387 e. The number of hydrogen-bond acceptors (Lipinski definition) is 2. The highest BCUT2D eigenvalue weighted by Gasteiger charge is 2.10. The van der Waals surface area contributed by atoms with E-state index in [1.54, 1.807) is 0 Å². The molecule has 0 fully saturated rings. The van der Waals surface area contributed by atoms with Crippen LogP contribution in [0.1, 0.15) is 20.3 Å². The molecule has 0 bridgehead atoms. The van der Waals surface area contributed by atoms with Gasteiger partial charge in [-0.2, -0.15) is 8.78 Å². The van der Waals surface area contributed by atoms with E-state index in [2.05, 4.69) is 15.4 Å². The van der Waals surface area contributed by atoms with E-state index < -0.39 is 6.61 Å². The molecule has 0 aliphatic rings. The third kappa shape index (κ3) is 5.30. The predicted molar refractivity (Wildman–Crippen MR) is 70.0 cm³/mol. The Morgan fingerprint density at radius 1 is 1.47 bits per heavy atom. The summed E-state index contributed by atoms with van der Waals surface area (Å²) in [5.41, 5.74) is 0.396. The number of carbonyl (C=O) groups excluding carboxylic acids is 1. The summed E-state index contributed by atoms with van der Waals surface area (Å²) in [4.78, 5) is 11.5. The summed E-state index contributed by atoms with van der Waals surface area (Å²) >= 11 is 5.76. The number of urea groups is 1. The van der Waals surface area contributed by atoms with Gasteiger partial charge in [0.25, 0.3) is 0 Å². The molecule has 2 N–H and O–H groups in total. The first kappa shape index (κ1) is 15.5. The van der Waals surface area contributed by atoms with Crippen LogP contribution < -0.4 is 15.4 Å². The quantitative estimate of drug-likeness (QED) is 0.866. The summed E-state index contributed by atoms with van der Waals surface area (Å²) in [5, 5.41) is 5.25. The molecule has 106 valence electrons. The Bertz CT molecular complexity index is 444. The maximum atomic E-state index is 12.0. The van der Waals surface area contributed by atoms with Crippen LogP contribution in [0.15, 0.2) is 18.2 Å². The molecule has 1 aromatic rings. The lowest BCUT2D eigenvalue weighted by Crippen LogP contribution is -2.35. The molecule has 1 unspecified atom stereocenters. The van der Waals surface area contributed by atoms with Crippen LogP contribution in [0, 0.1) is 0 Å². The van der Waals surface area contributed by atoms with Gasteiger partial charge in [0.15, 0.2) is 0 Å². The third-order valence-electron chi connectivity index (χ3n) is 2.40. The largest absolute Gasteiger partial charge is 0.433 e. The number of amides is 2. The van der Waals surface area contributed by atoms with Crippen molar-refractivity contribution in [1.82, 2.24) is 5.32 Å². The van der Waals surface area contributed by atoms with Crippen molar-refractivity contribution in [2.75, 3.05) is 5.32 Å². The molecule has 1 atom stereocenters. The zero-order chi connectivity index (χ0) is 14.4. The highest BCUT2D eigenvalue weighted by atomic mass is 35.5. The van der Waals surface area contributed by atoms with E-state index in [4.69, 9.17) is 11.6 Å². The second kappa shape index (κ2) is 7.13. The average molecular weight is 293 g/mol. The highest BCUT2D eigenvalue weighted by Crippen LogP contribution is 2.28. The minimum absolute atomic E-state index is 0.00152. The fourth-order valence-electron chi connectivity index (χ4n) is 1.26. The van der Waals surface area contributed by atoms with Crippen LogP contribution >= 0.6 is 11.6 Å². The van der Waals surface area contributed by atoms with Gasteiger partial charge in [-0.1, -0.05) is 18.5 Å². The zero-order valence-corrected chi connectivity index (χ0v) is 11.3. The van der Waals surface area contributed by atoms with Crippen molar-refractivity contribution in [2.45, 2.75) is 32.9 Å². The molecule has 4 nitrogen and oxygen atoms in total. The van der Waals surface area contributed by atoms with Gasteiger partial charge in [-0.25, -0.2) is 4.79 Å². The monoisotopic (exact) mass is 292 g/mol. The number of alkyl halides is 2. The number of hydrogen-bond donors (Lipinski definition) is 2. The number of nitrogens with one attached hydrogen (secondary N) is 2. The molecule has 1 aromatic carbocycles. The van der Waals surface area contributed by atoms with Crippen molar-refractivity contribution < 1.29 is 18.3 Å². The standard InChI is InChI=1S/C12H15ClF2N2O2/c1-3-7(2)16-12(18)17-8-4-5-10(9(13)6-8)19-11(14)15/h4-7,11H,3H2,1-2H3,(H2,16,17,18). The van der Waals surface area contributed by atoms with Crippen LogP contribution in [0.25, 0.3) is 0 Å². The number of halogens is 3. The van der Waals surface area contributed by atoms with Crippen molar-refractivity contribution in [3.05, 3.63) is 23.2 Å². The molecule has 0 aromatic heterocycles. The Morgan fingerprint density at radius 2 is 2.16 bits per heavy atom. The molecule has 0 aliphatic carbocycles. The molecule has 1 rings (SSSR count). The van der Waals surface area contributed by atoms with E-state index in [9.17, 15) is 13.6 Å². The Balaban J connectivity index is 2.65. The number of rotatable bonds is 5. The van der Waals surface area contributed by atoms with E-state index in [0.29, 0.717) is 5.69 Å². The van der Waals surface area contributed by atoms with Gasteiger partial charge in [-0.15, -0.1) is 0 Å². The van der Waals surface area contributed by atoms with E-state index in [-0.39, 0.29) is 22.8 Å². The number of carbonyl (C=O) groups is 1. The first-order chi connectivity index (χ1) is 8.92. The number of benzene rings is 1. The number of ether oxygens (including phenoxy) is 1. The van der Waals surface area contributed by atoms with Crippen LogP contribution in [0.2, 0.25) is 5.02 Å². The zero-order valence-electron chi connectivity index (χ0n) is 10.5. The molecule has 0 heterocycles. The Morgan fingerprint density at radius 3 is 2.68 bits per heavy atom. The summed E-state index contributed by atoms with van der Waals surface area (Å²) in [6, 6.07) is 3.70. The summed E-state index contributed by atoms with van der Waals surface area (Å²) in [6.07, 6.45) is 0.801. The smallest absolute Gasteiger partial charge is 0.387 e. The van der Waals surface area contributed by atoms with E-state index in [1.807, 2.05) is 13.8 Å². The fourth-order valence-corrected chi connectivity index (χ4v) is 1.49. The first-order valence-corrected chi connectivity index (χ1v) is 6.12. The van der Waals surface area contributed by atoms with Crippen LogP contribution in [0.3, 0.4) is 0 Å². The summed E-state index contributed by atoms with van der Waals surface area (Å²) in [5.74, 6) is -0.135. The maximum absolute atomic E-state index is 12.0. The number of anilines is 1. The van der Waals surface area contributed by atoms with Crippen LogP contribution in [-0.2, 0) is 0 Å². The summed E-state index contributed by atoms with van der Waals surface area (Å²) < 4.78 is 28.3. The van der Waals surface area contributed by atoms with Crippen LogP contribution in [0.4, 0.5) is 19.3 Å². The molecular formula is C12H15ClF2N2O2. The van der Waals surface area contributed by atoms with Crippen molar-refractivity contribution in [3.63, 3.8) is 0 Å². The van der Waals surface area contributed by atoms with Crippen molar-refractivity contribution >= 4 is 23.3 Å². The van der Waals surface area contributed by atoms with E-state index >= 15 is 0 Å². The Kier molecular flexibility index (Phi) is 5.82. The van der Waals surface area contributed by atoms with E-state index in [0.717, 1.165) is 6.42 Å². The topological polar surface area (TPSA) is 50.4 Å². The molecule has 19 heavy (non-hydrogen) atoms. The van der Waals surface area contributed by atoms with Gasteiger partial charge in [0.2, 0.25) is 0 Å². The van der Waals surface area contributed by atoms with Crippen molar-refractivity contribution in [2.24, 2.45) is 0 Å². The van der Waals surface area contributed by atoms with Gasteiger partial charge in [-0.3, -0.25) is 0 Å². The lowest BCUT2D eigenvalue weighted by molar-refractivity contribution is -0.0497. The fraction of sp³-hybridized carbons (Fsp3) is 0.417. The molecule has 0 saturated heterocycles. The normalized spacial score (nSPS) is 12.1. The molecular weight excluding hydrogens is 278 g/mol. The second-order valence-corrected chi connectivity index (χ2v) is 4.34. The summed E-state index contributed by atoms with van der Waals surface area (Å²) in [6.45, 7) is 0.870. The molecule has 0 saturated carbocycles. The minimum Gasteiger partial charge on any atom is -0.433 e. The Hall–Kier alpha value is -1.56. The predicted octanol–water partition coefficient (Wildman–Crippen LogP) is 3.86. The van der Waals surface area contributed by atoms with Gasteiger partial charge in [0, 0.05) is 11.7 Å². The van der Waals surface area contributed by atoms with Gasteiger partial charge in [0.05, 0.1) is 5.02 Å². The van der Waals surface area contributed by atoms with Gasteiger partial charge < -0.3 is 15.4 Å². The van der Waals surface area contributed by atoms with Crippen molar-refractivity contribution in [3.8, 4) is 5.75 Å². The van der Waals surface area contributed by atoms with Crippen molar-refractivity contribution in [1.29, 1.82) is 0 Å². The van der Waals surface area contributed by atoms with Gasteiger partial charge in [-0.05, 0) is 31.5 Å². The SMILES string of the molecule is CCC(C)NC(=O)Nc1ccc(OC(F)F)c(Cl)c1. The average Bonchev–Trinajstić information content (AvgIpc) is 2.32. The lowest BCUT2D eigenvalue weighted by atomic mass is 10.2. The molecule has 0 aliphatic heterocycles. The molecule has 7 heteroatoms. The molecule has 2 amide bonds. The third-order valence-corrected chi connectivity index (χ3v) is 2.69. The molecule has 0 radical (unpaired) electrons. The first-order valence-electron chi connectivity index (χ1n) is 5.74. The summed E-state index contributed by atoms with van der Waals surface area (Å²) in [7, 11) is 0. The van der Waals surface area contributed by atoms with Gasteiger partial charge >= 0.3 is 12.6 Å². The minimum atomic E-state index is -2.94. The van der Waals surface area contributed by atoms with Crippen LogP contribution in [-0.4, -0.2) is 18.7 Å². The Labute approximate surface area is 115 Å². The molecule has 0 spiro atoms. The van der Waals surface area contributed by atoms with E-state index in [1.165, 1.54) is 18.2 Å².